The summed E-state index contributed by atoms with van der Waals surface area (Å²) >= 11 is 7.79. The van der Waals surface area contributed by atoms with Crippen LogP contribution < -0.4 is 4.90 Å². The van der Waals surface area contributed by atoms with Crippen LogP contribution in [0.3, 0.4) is 0 Å². The predicted molar refractivity (Wildman–Crippen MR) is 95.4 cm³/mol. The largest absolute Gasteiger partial charge is 0.503 e. The van der Waals surface area contributed by atoms with Crippen molar-refractivity contribution in [3.63, 3.8) is 0 Å². The number of hydrazone groups is 1. The van der Waals surface area contributed by atoms with E-state index in [4.69, 9.17) is 21.1 Å². The van der Waals surface area contributed by atoms with E-state index in [9.17, 15) is 4.79 Å². The molecule has 0 aromatic heterocycles. The molecule has 24 heavy (non-hydrogen) atoms. The molecule has 0 aliphatic carbocycles. The fourth-order valence-electron chi connectivity index (χ4n) is 2.52. The number of allylic oxidation sites excluding steroid dienone is 1. The average molecular weight is 366 g/mol. The van der Waals surface area contributed by atoms with E-state index in [1.165, 1.54) is 32.2 Å². The van der Waals surface area contributed by atoms with Crippen molar-refractivity contribution in [1.29, 1.82) is 0 Å². The number of halogens is 1. The first-order chi connectivity index (χ1) is 11.6. The minimum Gasteiger partial charge on any atom is -0.503 e. The molecule has 1 aromatic carbocycles. The topological polar surface area (TPSA) is 54.4 Å². The molecule has 2 heterocycles. The van der Waals surface area contributed by atoms with Crippen molar-refractivity contribution in [2.45, 2.75) is 12.4 Å². The molecule has 6 nitrogen and oxygen atoms in total. The Labute approximate surface area is 149 Å². The first kappa shape index (κ1) is 16.7. The number of hydrogen-bond donors (Lipinski definition) is 0. The molecule has 2 aliphatic heterocycles. The highest BCUT2D eigenvalue weighted by molar-refractivity contribution is 8.04. The second kappa shape index (κ2) is 6.78. The van der Waals surface area contributed by atoms with Crippen molar-refractivity contribution in [2.75, 3.05) is 19.1 Å². The number of para-hydroxylation sites is 1. The molecular weight excluding hydrogens is 350 g/mol. The standard InChI is InChI=1S/C16H16ClN3O3S/c1-10-14(11(8-22-2)15(21)23-3)24-16-19(9-18-20(10)16)13-7-5-4-6-12(13)17/h4-9,16H,1-3H3/b11-8-. The van der Waals surface area contributed by atoms with Crippen LogP contribution in [0.5, 0.6) is 0 Å². The molecule has 3 rings (SSSR count). The third kappa shape index (κ3) is 2.74. The summed E-state index contributed by atoms with van der Waals surface area (Å²) in [7, 11) is 2.84. The van der Waals surface area contributed by atoms with Crippen molar-refractivity contribution in [1.82, 2.24) is 5.01 Å². The number of ether oxygens (including phenoxy) is 2. The first-order valence-electron chi connectivity index (χ1n) is 7.14. The molecule has 0 saturated carbocycles. The minimum atomic E-state index is -0.451. The number of nitrogens with zero attached hydrogens (tertiary/aromatic N) is 3. The fraction of sp³-hybridized carbons (Fsp3) is 0.250. The van der Waals surface area contributed by atoms with Gasteiger partial charge in [-0.2, -0.15) is 5.10 Å². The zero-order valence-corrected chi connectivity index (χ0v) is 15.0. The Morgan fingerprint density at radius 1 is 1.38 bits per heavy atom. The van der Waals surface area contributed by atoms with Crippen molar-refractivity contribution in [3.8, 4) is 0 Å². The first-order valence-corrected chi connectivity index (χ1v) is 8.39. The number of methoxy groups -OCH3 is 2. The molecule has 0 radical (unpaired) electrons. The summed E-state index contributed by atoms with van der Waals surface area (Å²) in [6.45, 7) is 1.90. The van der Waals surface area contributed by atoms with Crippen LogP contribution in [0.4, 0.5) is 5.69 Å². The van der Waals surface area contributed by atoms with Gasteiger partial charge in [0.1, 0.15) is 11.9 Å². The zero-order chi connectivity index (χ0) is 17.3. The van der Waals surface area contributed by atoms with Gasteiger partial charge in [-0.1, -0.05) is 35.5 Å². The number of rotatable bonds is 4. The van der Waals surface area contributed by atoms with Gasteiger partial charge in [-0.05, 0) is 19.1 Å². The Morgan fingerprint density at radius 2 is 2.12 bits per heavy atom. The van der Waals surface area contributed by atoms with E-state index in [1.54, 1.807) is 6.34 Å². The molecule has 1 atom stereocenters. The average Bonchev–Trinajstić information content (AvgIpc) is 3.13. The van der Waals surface area contributed by atoms with Crippen LogP contribution in [0.1, 0.15) is 6.92 Å². The van der Waals surface area contributed by atoms with Gasteiger partial charge in [-0.15, -0.1) is 0 Å². The van der Waals surface area contributed by atoms with Gasteiger partial charge in [0, 0.05) is 4.91 Å². The molecular formula is C16H16ClN3O3S. The van der Waals surface area contributed by atoms with Crippen molar-refractivity contribution in [2.24, 2.45) is 5.10 Å². The highest BCUT2D eigenvalue weighted by Gasteiger charge is 2.41. The highest BCUT2D eigenvalue weighted by atomic mass is 35.5. The lowest BCUT2D eigenvalue weighted by molar-refractivity contribution is -0.135. The van der Waals surface area contributed by atoms with Gasteiger partial charge < -0.3 is 9.47 Å². The molecule has 8 heteroatoms. The lowest BCUT2D eigenvalue weighted by atomic mass is 10.2. The van der Waals surface area contributed by atoms with Crippen molar-refractivity contribution >= 4 is 41.4 Å². The minimum absolute atomic E-state index is 0.148. The van der Waals surface area contributed by atoms with Crippen LogP contribution in [0.2, 0.25) is 5.02 Å². The maximum absolute atomic E-state index is 12.1. The number of anilines is 1. The summed E-state index contributed by atoms with van der Waals surface area (Å²) in [6, 6.07) is 7.56. The van der Waals surface area contributed by atoms with Crippen LogP contribution in [-0.2, 0) is 14.3 Å². The molecule has 1 unspecified atom stereocenters. The van der Waals surface area contributed by atoms with Crippen LogP contribution in [0.15, 0.2) is 51.8 Å². The van der Waals surface area contributed by atoms with Gasteiger partial charge in [0.15, 0.2) is 5.50 Å². The van der Waals surface area contributed by atoms with Gasteiger partial charge in [-0.3, -0.25) is 4.90 Å². The summed E-state index contributed by atoms with van der Waals surface area (Å²) in [4.78, 5) is 14.8. The normalized spacial score (nSPS) is 19.8. The van der Waals surface area contributed by atoms with Crippen molar-refractivity contribution in [3.05, 3.63) is 51.7 Å². The van der Waals surface area contributed by atoms with E-state index in [-0.39, 0.29) is 5.50 Å². The number of esters is 1. The Kier molecular flexibility index (Phi) is 4.73. The van der Waals surface area contributed by atoms with Crippen LogP contribution in [0.25, 0.3) is 0 Å². The number of hydrogen-bond acceptors (Lipinski definition) is 7. The van der Waals surface area contributed by atoms with Crippen LogP contribution >= 0.6 is 23.4 Å². The highest BCUT2D eigenvalue weighted by Crippen LogP contribution is 2.47. The van der Waals surface area contributed by atoms with Gasteiger partial charge in [0.05, 0.1) is 36.9 Å². The Balaban J connectivity index is 1.93. The maximum atomic E-state index is 12.1. The van der Waals surface area contributed by atoms with E-state index < -0.39 is 5.97 Å². The fourth-order valence-corrected chi connectivity index (χ4v) is 4.08. The summed E-state index contributed by atoms with van der Waals surface area (Å²) in [5.74, 6) is -0.451. The Bertz CT molecular complexity index is 763. The zero-order valence-electron chi connectivity index (χ0n) is 13.4. The van der Waals surface area contributed by atoms with Gasteiger partial charge in [0.25, 0.3) is 0 Å². The van der Waals surface area contributed by atoms with E-state index in [0.717, 1.165) is 16.3 Å². The third-order valence-corrected chi connectivity index (χ3v) is 5.37. The van der Waals surface area contributed by atoms with Gasteiger partial charge >= 0.3 is 5.97 Å². The predicted octanol–water partition coefficient (Wildman–Crippen LogP) is 3.37. The number of benzene rings is 1. The summed E-state index contributed by atoms with van der Waals surface area (Å²) in [5, 5.41) is 6.91. The molecule has 0 bridgehead atoms. The molecule has 2 aliphatic rings. The van der Waals surface area contributed by atoms with Crippen molar-refractivity contribution < 1.29 is 14.3 Å². The third-order valence-electron chi connectivity index (χ3n) is 3.66. The monoisotopic (exact) mass is 365 g/mol. The molecule has 126 valence electrons. The molecule has 0 spiro atoms. The van der Waals surface area contributed by atoms with E-state index in [0.29, 0.717) is 10.6 Å². The van der Waals surface area contributed by atoms with Crippen LogP contribution in [-0.4, -0.2) is 37.0 Å². The quantitative estimate of drug-likeness (QED) is 0.463. The lowest BCUT2D eigenvalue weighted by Gasteiger charge is -2.25. The summed E-state index contributed by atoms with van der Waals surface area (Å²) in [6.07, 6.45) is 3.13. The lowest BCUT2D eigenvalue weighted by Crippen LogP contribution is -2.33. The molecule has 0 N–H and O–H groups in total. The second-order valence-electron chi connectivity index (χ2n) is 5.05. The number of fused-ring (bicyclic) bond motifs is 1. The molecule has 0 amide bonds. The van der Waals surface area contributed by atoms with E-state index >= 15 is 0 Å². The SMILES string of the molecule is CO/C=C(\C(=O)OC)C1=C(C)N2N=CN(c3ccccc3Cl)C2S1. The smallest absolute Gasteiger partial charge is 0.342 e. The number of thioether (sulfide) groups is 1. The van der Waals surface area contributed by atoms with Crippen LogP contribution in [0, 0.1) is 0 Å². The van der Waals surface area contributed by atoms with E-state index in [2.05, 4.69) is 5.10 Å². The Hall–Kier alpha value is -2.12. The van der Waals surface area contributed by atoms with Gasteiger partial charge in [0.2, 0.25) is 0 Å². The summed E-state index contributed by atoms with van der Waals surface area (Å²) in [5.41, 5.74) is 1.92. The maximum Gasteiger partial charge on any atom is 0.342 e. The van der Waals surface area contributed by atoms with Gasteiger partial charge in [-0.25, -0.2) is 9.80 Å². The molecule has 0 saturated heterocycles. The van der Waals surface area contributed by atoms with E-state index in [1.807, 2.05) is 41.1 Å². The Morgan fingerprint density at radius 3 is 2.79 bits per heavy atom. The summed E-state index contributed by atoms with van der Waals surface area (Å²) < 4.78 is 9.89. The number of carbonyl (C=O) groups is 1. The number of carbonyl (C=O) groups excluding carboxylic acids is 1. The second-order valence-corrected chi connectivity index (χ2v) is 6.52. The molecule has 0 fully saturated rings. The molecule has 1 aromatic rings.